The molecule has 0 aromatic rings. The van der Waals surface area contributed by atoms with Crippen molar-refractivity contribution in [2.75, 3.05) is 39.8 Å². The van der Waals surface area contributed by atoms with Crippen molar-refractivity contribution in [2.24, 2.45) is 11.7 Å². The molecular weight excluding hydrogens is 162 g/mol. The molecule has 2 saturated heterocycles. The van der Waals surface area contributed by atoms with Crippen LogP contribution in [0, 0.1) is 5.92 Å². The predicted octanol–water partition coefficient (Wildman–Crippen LogP) is -0.0289. The van der Waals surface area contributed by atoms with Crippen LogP contribution < -0.4 is 5.73 Å². The second-order valence-electron chi connectivity index (χ2n) is 4.58. The quantitative estimate of drug-likeness (QED) is 0.620. The van der Waals surface area contributed by atoms with Gasteiger partial charge in [0.15, 0.2) is 0 Å². The first-order valence-electron chi connectivity index (χ1n) is 5.42. The number of nitrogens with zero attached hydrogens (tertiary/aromatic N) is 2. The summed E-state index contributed by atoms with van der Waals surface area (Å²) in [6.07, 6.45) is 2.64. The van der Waals surface area contributed by atoms with Crippen LogP contribution in [0.2, 0.25) is 0 Å². The van der Waals surface area contributed by atoms with E-state index in [4.69, 9.17) is 5.73 Å². The molecule has 0 amide bonds. The van der Waals surface area contributed by atoms with E-state index >= 15 is 0 Å². The molecule has 13 heavy (non-hydrogen) atoms. The molecule has 2 unspecified atom stereocenters. The van der Waals surface area contributed by atoms with E-state index in [0.29, 0.717) is 0 Å². The molecular formula is C10H21N3. The molecule has 0 radical (unpaired) electrons. The fraction of sp³-hybridized carbons (Fsp3) is 1.00. The van der Waals surface area contributed by atoms with E-state index in [0.717, 1.165) is 18.5 Å². The summed E-state index contributed by atoms with van der Waals surface area (Å²) >= 11 is 0. The highest BCUT2D eigenvalue weighted by atomic mass is 15.3. The zero-order valence-electron chi connectivity index (χ0n) is 8.58. The molecule has 0 aromatic heterocycles. The first kappa shape index (κ1) is 9.44. The van der Waals surface area contributed by atoms with Crippen LogP contribution in [0.4, 0.5) is 0 Å². The van der Waals surface area contributed by atoms with Crippen LogP contribution in [-0.2, 0) is 0 Å². The molecule has 3 heteroatoms. The van der Waals surface area contributed by atoms with E-state index < -0.39 is 0 Å². The Morgan fingerprint density at radius 2 is 2.15 bits per heavy atom. The maximum absolute atomic E-state index is 5.73. The molecule has 0 saturated carbocycles. The minimum absolute atomic E-state index is 0.785. The highest BCUT2D eigenvalue weighted by Crippen LogP contribution is 2.24. The van der Waals surface area contributed by atoms with Gasteiger partial charge in [-0.25, -0.2) is 0 Å². The van der Waals surface area contributed by atoms with Crippen molar-refractivity contribution in [2.45, 2.75) is 18.9 Å². The van der Waals surface area contributed by atoms with Crippen LogP contribution in [0.25, 0.3) is 0 Å². The minimum atomic E-state index is 0.785. The van der Waals surface area contributed by atoms with Crippen molar-refractivity contribution in [3.63, 3.8) is 0 Å². The van der Waals surface area contributed by atoms with Crippen molar-refractivity contribution < 1.29 is 0 Å². The summed E-state index contributed by atoms with van der Waals surface area (Å²) < 4.78 is 0. The van der Waals surface area contributed by atoms with E-state index in [-0.39, 0.29) is 0 Å². The molecule has 2 rings (SSSR count). The number of hydrogen-bond donors (Lipinski definition) is 1. The summed E-state index contributed by atoms with van der Waals surface area (Å²) in [6.45, 7) is 5.91. The first-order chi connectivity index (χ1) is 6.29. The van der Waals surface area contributed by atoms with Gasteiger partial charge < -0.3 is 10.6 Å². The number of fused-ring (bicyclic) bond motifs is 1. The lowest BCUT2D eigenvalue weighted by molar-refractivity contribution is 0.0426. The van der Waals surface area contributed by atoms with Gasteiger partial charge in [0.2, 0.25) is 0 Å². The van der Waals surface area contributed by atoms with Crippen LogP contribution in [0.1, 0.15) is 12.8 Å². The standard InChI is InChI=1S/C10H21N3/c1-12-4-5-13-3-2-9(7-11)6-10(13)8-12/h9-10H,2-8,11H2,1H3. The smallest absolute Gasteiger partial charge is 0.0226 e. The van der Waals surface area contributed by atoms with E-state index in [2.05, 4.69) is 16.8 Å². The van der Waals surface area contributed by atoms with Gasteiger partial charge in [-0.2, -0.15) is 0 Å². The van der Waals surface area contributed by atoms with E-state index in [1.54, 1.807) is 0 Å². The number of piperidine rings is 1. The Morgan fingerprint density at radius 1 is 1.31 bits per heavy atom. The normalized spacial score (nSPS) is 37.4. The van der Waals surface area contributed by atoms with Gasteiger partial charge >= 0.3 is 0 Å². The van der Waals surface area contributed by atoms with Crippen molar-refractivity contribution in [3.05, 3.63) is 0 Å². The van der Waals surface area contributed by atoms with Crippen molar-refractivity contribution in [1.82, 2.24) is 9.80 Å². The Kier molecular flexibility index (Phi) is 2.86. The van der Waals surface area contributed by atoms with Gasteiger partial charge in [-0.1, -0.05) is 0 Å². The molecule has 2 atom stereocenters. The third-order valence-electron chi connectivity index (χ3n) is 3.57. The zero-order valence-corrected chi connectivity index (χ0v) is 8.58. The average molecular weight is 183 g/mol. The summed E-state index contributed by atoms with van der Waals surface area (Å²) in [5.74, 6) is 0.785. The monoisotopic (exact) mass is 183 g/mol. The van der Waals surface area contributed by atoms with Gasteiger partial charge in [-0.05, 0) is 38.9 Å². The summed E-state index contributed by atoms with van der Waals surface area (Å²) in [7, 11) is 2.23. The molecule has 2 aliphatic rings. The van der Waals surface area contributed by atoms with Crippen LogP contribution >= 0.6 is 0 Å². The fourth-order valence-electron chi connectivity index (χ4n) is 2.63. The molecule has 0 bridgehead atoms. The van der Waals surface area contributed by atoms with Crippen molar-refractivity contribution in [3.8, 4) is 0 Å². The highest BCUT2D eigenvalue weighted by molar-refractivity contribution is 4.87. The number of likely N-dealkylation sites (N-methyl/N-ethyl adjacent to an activating group) is 1. The van der Waals surface area contributed by atoms with Crippen molar-refractivity contribution in [1.29, 1.82) is 0 Å². The lowest BCUT2D eigenvalue weighted by Crippen LogP contribution is -2.55. The lowest BCUT2D eigenvalue weighted by Gasteiger charge is -2.45. The largest absolute Gasteiger partial charge is 0.330 e. The molecule has 2 aliphatic heterocycles. The molecule has 3 nitrogen and oxygen atoms in total. The summed E-state index contributed by atoms with van der Waals surface area (Å²) in [6, 6.07) is 0.793. The van der Waals surface area contributed by atoms with Gasteiger partial charge in [0.25, 0.3) is 0 Å². The average Bonchev–Trinajstić information content (AvgIpc) is 2.16. The number of piperazine rings is 1. The van der Waals surface area contributed by atoms with Gasteiger partial charge in [-0.15, -0.1) is 0 Å². The Bertz CT molecular complexity index is 172. The first-order valence-corrected chi connectivity index (χ1v) is 5.42. The summed E-state index contributed by atoms with van der Waals surface area (Å²) in [5, 5.41) is 0. The zero-order chi connectivity index (χ0) is 9.26. The van der Waals surface area contributed by atoms with Crippen LogP contribution in [0.3, 0.4) is 0 Å². The second-order valence-corrected chi connectivity index (χ2v) is 4.58. The molecule has 2 N–H and O–H groups in total. The molecule has 0 aromatic carbocycles. The van der Waals surface area contributed by atoms with Gasteiger partial charge in [0.05, 0.1) is 0 Å². The number of nitrogens with two attached hydrogens (primary N) is 1. The maximum Gasteiger partial charge on any atom is 0.0226 e. The highest BCUT2D eigenvalue weighted by Gasteiger charge is 2.30. The van der Waals surface area contributed by atoms with E-state index in [1.165, 1.54) is 39.0 Å². The fourth-order valence-corrected chi connectivity index (χ4v) is 2.63. The van der Waals surface area contributed by atoms with Gasteiger partial charge in [0.1, 0.15) is 0 Å². The molecule has 2 heterocycles. The van der Waals surface area contributed by atoms with Crippen LogP contribution in [0.5, 0.6) is 0 Å². The third-order valence-corrected chi connectivity index (χ3v) is 3.57. The molecule has 2 fully saturated rings. The summed E-state index contributed by atoms with van der Waals surface area (Å²) in [4.78, 5) is 5.09. The summed E-state index contributed by atoms with van der Waals surface area (Å²) in [5.41, 5.74) is 5.73. The maximum atomic E-state index is 5.73. The predicted molar refractivity (Wildman–Crippen MR) is 54.6 cm³/mol. The molecule has 0 aliphatic carbocycles. The Morgan fingerprint density at radius 3 is 2.92 bits per heavy atom. The number of hydrogen-bond acceptors (Lipinski definition) is 3. The Labute approximate surface area is 80.9 Å². The second kappa shape index (κ2) is 3.95. The Balaban J connectivity index is 1.91. The van der Waals surface area contributed by atoms with Gasteiger partial charge in [0, 0.05) is 25.7 Å². The van der Waals surface area contributed by atoms with Crippen molar-refractivity contribution >= 4 is 0 Å². The van der Waals surface area contributed by atoms with E-state index in [1.807, 2.05) is 0 Å². The van der Waals surface area contributed by atoms with Crippen LogP contribution in [0.15, 0.2) is 0 Å². The molecule has 76 valence electrons. The van der Waals surface area contributed by atoms with E-state index in [9.17, 15) is 0 Å². The van der Waals surface area contributed by atoms with Crippen LogP contribution in [-0.4, -0.2) is 55.6 Å². The number of rotatable bonds is 1. The van der Waals surface area contributed by atoms with Gasteiger partial charge in [-0.3, -0.25) is 4.90 Å². The minimum Gasteiger partial charge on any atom is -0.330 e. The SMILES string of the molecule is CN1CCN2CCC(CN)CC2C1. The third kappa shape index (κ3) is 2.03. The molecule has 0 spiro atoms. The Hall–Kier alpha value is -0.120. The topological polar surface area (TPSA) is 32.5 Å². The lowest BCUT2D eigenvalue weighted by atomic mass is 9.89.